The molecule has 0 aliphatic carbocycles. The highest BCUT2D eigenvalue weighted by Gasteiger charge is 2.11. The molecule has 0 amide bonds. The van der Waals surface area contributed by atoms with Crippen LogP contribution in [0.2, 0.25) is 0 Å². The predicted molar refractivity (Wildman–Crippen MR) is 44.6 cm³/mol. The molecule has 1 aliphatic heterocycles. The van der Waals surface area contributed by atoms with Crippen molar-refractivity contribution in [1.29, 1.82) is 0 Å². The summed E-state index contributed by atoms with van der Waals surface area (Å²) < 4.78 is 0. The molecule has 62 valence electrons. The van der Waals surface area contributed by atoms with E-state index in [1.165, 1.54) is 0 Å². The van der Waals surface area contributed by atoms with Gasteiger partial charge >= 0.3 is 0 Å². The predicted octanol–water partition coefficient (Wildman–Crippen LogP) is 0.931. The van der Waals surface area contributed by atoms with Gasteiger partial charge in [-0.25, -0.2) is 0 Å². The first-order valence-corrected chi connectivity index (χ1v) is 3.70. The van der Waals surface area contributed by atoms with Crippen LogP contribution in [0.4, 0.5) is 0 Å². The van der Waals surface area contributed by atoms with E-state index in [2.05, 4.69) is 12.2 Å². The quantitative estimate of drug-likeness (QED) is 0.560. The van der Waals surface area contributed by atoms with E-state index < -0.39 is 0 Å². The molecular formula is C7H16ClNO. The van der Waals surface area contributed by atoms with E-state index in [4.69, 9.17) is 5.11 Å². The molecule has 1 heterocycles. The van der Waals surface area contributed by atoms with Gasteiger partial charge in [-0.3, -0.25) is 0 Å². The van der Waals surface area contributed by atoms with E-state index in [1.54, 1.807) is 0 Å². The van der Waals surface area contributed by atoms with Crippen LogP contribution in [-0.2, 0) is 0 Å². The highest BCUT2D eigenvalue weighted by Crippen LogP contribution is 2.07. The summed E-state index contributed by atoms with van der Waals surface area (Å²) in [5.74, 6) is 0. The molecule has 1 fully saturated rings. The molecule has 1 saturated heterocycles. The molecule has 2 N–H and O–H groups in total. The van der Waals surface area contributed by atoms with Crippen molar-refractivity contribution in [3.05, 3.63) is 0 Å². The number of aliphatic hydroxyl groups excluding tert-OH is 1. The van der Waals surface area contributed by atoms with Gasteiger partial charge in [0.1, 0.15) is 0 Å². The van der Waals surface area contributed by atoms with Crippen LogP contribution in [0.15, 0.2) is 0 Å². The summed E-state index contributed by atoms with van der Waals surface area (Å²) in [5, 5.41) is 12.5. The summed E-state index contributed by atoms with van der Waals surface area (Å²) in [7, 11) is 0. The lowest BCUT2D eigenvalue weighted by Crippen LogP contribution is -2.24. The maximum absolute atomic E-state index is 9.17. The van der Waals surface area contributed by atoms with Gasteiger partial charge in [0.05, 0.1) is 6.10 Å². The average molecular weight is 166 g/mol. The molecule has 0 bridgehead atoms. The molecule has 1 aliphatic rings. The van der Waals surface area contributed by atoms with Crippen LogP contribution in [-0.4, -0.2) is 23.8 Å². The third-order valence-corrected chi connectivity index (χ3v) is 1.90. The van der Waals surface area contributed by atoms with Gasteiger partial charge in [-0.2, -0.15) is 0 Å². The van der Waals surface area contributed by atoms with Crippen molar-refractivity contribution in [3.8, 4) is 0 Å². The number of hydrogen-bond donors (Lipinski definition) is 2. The molecule has 0 aromatic carbocycles. The third kappa shape index (κ3) is 3.40. The average Bonchev–Trinajstić information content (AvgIpc) is 1.97. The second-order valence-corrected chi connectivity index (χ2v) is 2.88. The third-order valence-electron chi connectivity index (χ3n) is 1.90. The van der Waals surface area contributed by atoms with Crippen molar-refractivity contribution in [3.63, 3.8) is 0 Å². The van der Waals surface area contributed by atoms with Gasteiger partial charge < -0.3 is 10.4 Å². The fourth-order valence-corrected chi connectivity index (χ4v) is 1.19. The summed E-state index contributed by atoms with van der Waals surface area (Å²) in [4.78, 5) is 0. The highest BCUT2D eigenvalue weighted by molar-refractivity contribution is 5.85. The van der Waals surface area contributed by atoms with E-state index in [0.29, 0.717) is 6.04 Å². The van der Waals surface area contributed by atoms with Crippen molar-refractivity contribution < 1.29 is 5.11 Å². The van der Waals surface area contributed by atoms with Gasteiger partial charge in [-0.1, -0.05) is 0 Å². The lowest BCUT2D eigenvalue weighted by Gasteiger charge is -2.06. The Morgan fingerprint density at radius 3 is 2.70 bits per heavy atom. The lowest BCUT2D eigenvalue weighted by molar-refractivity contribution is 0.160. The first-order chi connectivity index (χ1) is 4.29. The van der Waals surface area contributed by atoms with Gasteiger partial charge in [0.25, 0.3) is 0 Å². The molecule has 0 aromatic rings. The molecule has 0 radical (unpaired) electrons. The van der Waals surface area contributed by atoms with Crippen LogP contribution >= 0.6 is 12.4 Å². The van der Waals surface area contributed by atoms with Crippen LogP contribution in [0, 0.1) is 0 Å². The molecule has 3 heteroatoms. The lowest BCUT2D eigenvalue weighted by atomic mass is 10.1. The monoisotopic (exact) mass is 165 g/mol. The molecule has 0 aromatic heterocycles. The fourth-order valence-electron chi connectivity index (χ4n) is 1.19. The van der Waals surface area contributed by atoms with Crippen molar-refractivity contribution >= 4 is 12.4 Å². The Balaban J connectivity index is 0.000000810. The zero-order chi connectivity index (χ0) is 6.69. The smallest absolute Gasteiger partial charge is 0.0553 e. The van der Waals surface area contributed by atoms with Crippen molar-refractivity contribution in [1.82, 2.24) is 5.32 Å². The zero-order valence-electron chi connectivity index (χ0n) is 6.34. The zero-order valence-corrected chi connectivity index (χ0v) is 7.16. The van der Waals surface area contributed by atoms with Crippen LogP contribution in [0.5, 0.6) is 0 Å². The van der Waals surface area contributed by atoms with E-state index in [1.807, 2.05) is 0 Å². The van der Waals surface area contributed by atoms with Crippen molar-refractivity contribution in [2.45, 2.75) is 38.3 Å². The van der Waals surface area contributed by atoms with Crippen LogP contribution in [0.1, 0.15) is 26.2 Å². The number of halogens is 1. The van der Waals surface area contributed by atoms with Gasteiger partial charge in [0.2, 0.25) is 0 Å². The molecule has 0 spiro atoms. The maximum atomic E-state index is 9.17. The van der Waals surface area contributed by atoms with Crippen molar-refractivity contribution in [2.24, 2.45) is 0 Å². The summed E-state index contributed by atoms with van der Waals surface area (Å²) >= 11 is 0. The number of rotatable bonds is 0. The highest BCUT2D eigenvalue weighted by atomic mass is 35.5. The first-order valence-electron chi connectivity index (χ1n) is 3.70. The van der Waals surface area contributed by atoms with Crippen LogP contribution in [0.25, 0.3) is 0 Å². The van der Waals surface area contributed by atoms with Gasteiger partial charge in [-0.15, -0.1) is 12.4 Å². The molecule has 0 saturated carbocycles. The largest absolute Gasteiger partial charge is 0.393 e. The van der Waals surface area contributed by atoms with Crippen LogP contribution < -0.4 is 5.32 Å². The topological polar surface area (TPSA) is 32.3 Å². The fraction of sp³-hybridized carbons (Fsp3) is 1.00. The van der Waals surface area contributed by atoms with Gasteiger partial charge in [0, 0.05) is 6.04 Å². The Hall–Kier alpha value is 0.210. The minimum absolute atomic E-state index is 0. The first kappa shape index (κ1) is 10.2. The SMILES string of the molecule is CC1CCC(O)CCN1.Cl. The molecule has 2 nitrogen and oxygen atoms in total. The molecular weight excluding hydrogens is 150 g/mol. The molecule has 10 heavy (non-hydrogen) atoms. The Bertz CT molecular complexity index is 79.7. The van der Waals surface area contributed by atoms with Gasteiger partial charge in [0.15, 0.2) is 0 Å². The minimum Gasteiger partial charge on any atom is -0.393 e. The molecule has 2 unspecified atom stereocenters. The summed E-state index contributed by atoms with van der Waals surface area (Å²) in [5.41, 5.74) is 0. The van der Waals surface area contributed by atoms with E-state index in [-0.39, 0.29) is 18.5 Å². The number of nitrogens with one attached hydrogen (secondary N) is 1. The maximum Gasteiger partial charge on any atom is 0.0553 e. The second-order valence-electron chi connectivity index (χ2n) is 2.88. The molecule has 1 rings (SSSR count). The summed E-state index contributed by atoms with van der Waals surface area (Å²) in [6.45, 7) is 3.14. The van der Waals surface area contributed by atoms with E-state index in [9.17, 15) is 0 Å². The van der Waals surface area contributed by atoms with E-state index in [0.717, 1.165) is 25.8 Å². The number of aliphatic hydroxyl groups is 1. The Kier molecular flexibility index (Phi) is 5.04. The number of hydrogen-bond acceptors (Lipinski definition) is 2. The normalized spacial score (nSPS) is 34.2. The summed E-state index contributed by atoms with van der Waals surface area (Å²) in [6.07, 6.45) is 2.95. The van der Waals surface area contributed by atoms with Crippen molar-refractivity contribution in [2.75, 3.05) is 6.54 Å². The standard InChI is InChI=1S/C7H15NO.ClH/c1-6-2-3-7(9)4-5-8-6;/h6-9H,2-5H2,1H3;1H. The van der Waals surface area contributed by atoms with Gasteiger partial charge in [-0.05, 0) is 32.7 Å². The van der Waals surface area contributed by atoms with E-state index >= 15 is 0 Å². The minimum atomic E-state index is -0.0533. The Morgan fingerprint density at radius 2 is 2.00 bits per heavy atom. The summed E-state index contributed by atoms with van der Waals surface area (Å²) in [6, 6.07) is 0.599. The van der Waals surface area contributed by atoms with Crippen LogP contribution in [0.3, 0.4) is 0 Å². The molecule has 2 atom stereocenters. The second kappa shape index (κ2) is 4.94. The Labute approximate surface area is 68.4 Å². The Morgan fingerprint density at radius 1 is 1.30 bits per heavy atom.